The molecule has 1 N–H and O–H groups in total. The van der Waals surface area contributed by atoms with Gasteiger partial charge in [0.1, 0.15) is 5.75 Å². The minimum atomic E-state index is 0.295. The molecule has 2 aromatic carbocycles. The van der Waals surface area contributed by atoms with Crippen molar-refractivity contribution in [3.8, 4) is 16.9 Å². The zero-order chi connectivity index (χ0) is 11.7. The van der Waals surface area contributed by atoms with Gasteiger partial charge in [-0.15, -0.1) is 0 Å². The van der Waals surface area contributed by atoms with Crippen LogP contribution in [0.5, 0.6) is 5.75 Å². The summed E-state index contributed by atoms with van der Waals surface area (Å²) in [6, 6.07) is 11.3. The van der Waals surface area contributed by atoms with E-state index in [1.807, 2.05) is 44.2 Å². The standard InChI is InChI=1S/C14H13ClO/c1-9-7-11(8-10(2)14(9)15)12-5-3-4-6-13(12)16/h3-8,16H,1-2H3. The normalized spacial score (nSPS) is 10.4. The van der Waals surface area contributed by atoms with Crippen molar-refractivity contribution in [2.45, 2.75) is 13.8 Å². The molecule has 0 fully saturated rings. The van der Waals surface area contributed by atoms with Crippen LogP contribution < -0.4 is 0 Å². The average molecular weight is 233 g/mol. The lowest BCUT2D eigenvalue weighted by Crippen LogP contribution is -1.85. The summed E-state index contributed by atoms with van der Waals surface area (Å²) in [5, 5.41) is 10.6. The van der Waals surface area contributed by atoms with E-state index in [-0.39, 0.29) is 0 Å². The Bertz CT molecular complexity index is 509. The first kappa shape index (κ1) is 11.0. The highest BCUT2D eigenvalue weighted by molar-refractivity contribution is 6.32. The highest BCUT2D eigenvalue weighted by Crippen LogP contribution is 2.32. The summed E-state index contributed by atoms with van der Waals surface area (Å²) < 4.78 is 0. The van der Waals surface area contributed by atoms with Crippen LogP contribution in [0.25, 0.3) is 11.1 Å². The van der Waals surface area contributed by atoms with Gasteiger partial charge in [0.05, 0.1) is 0 Å². The number of rotatable bonds is 1. The minimum Gasteiger partial charge on any atom is -0.507 e. The Kier molecular flexibility index (Phi) is 2.88. The second kappa shape index (κ2) is 4.18. The molecule has 0 aliphatic rings. The third-order valence-electron chi connectivity index (χ3n) is 2.65. The molecule has 0 unspecified atom stereocenters. The molecular weight excluding hydrogens is 220 g/mol. The number of aromatic hydroxyl groups is 1. The Morgan fingerprint density at radius 1 is 1.00 bits per heavy atom. The SMILES string of the molecule is Cc1cc(-c2ccccc2O)cc(C)c1Cl. The van der Waals surface area contributed by atoms with Crippen molar-refractivity contribution in [3.63, 3.8) is 0 Å². The minimum absolute atomic E-state index is 0.295. The van der Waals surface area contributed by atoms with Gasteiger partial charge in [-0.1, -0.05) is 29.8 Å². The van der Waals surface area contributed by atoms with Crippen LogP contribution in [0.2, 0.25) is 5.02 Å². The second-order valence-electron chi connectivity index (χ2n) is 3.94. The van der Waals surface area contributed by atoms with Gasteiger partial charge in [-0.2, -0.15) is 0 Å². The number of phenolic OH excluding ortho intramolecular Hbond substituents is 1. The van der Waals surface area contributed by atoms with Crippen LogP contribution in [0.15, 0.2) is 36.4 Å². The molecule has 0 radical (unpaired) electrons. The van der Waals surface area contributed by atoms with E-state index >= 15 is 0 Å². The molecule has 2 heteroatoms. The van der Waals surface area contributed by atoms with Crippen molar-refractivity contribution in [3.05, 3.63) is 52.5 Å². The van der Waals surface area contributed by atoms with Crippen molar-refractivity contribution in [2.24, 2.45) is 0 Å². The number of aryl methyl sites for hydroxylation is 2. The lowest BCUT2D eigenvalue weighted by molar-refractivity contribution is 0.477. The second-order valence-corrected chi connectivity index (χ2v) is 4.32. The van der Waals surface area contributed by atoms with E-state index in [2.05, 4.69) is 0 Å². The maximum Gasteiger partial charge on any atom is 0.123 e. The van der Waals surface area contributed by atoms with Gasteiger partial charge >= 0.3 is 0 Å². The highest BCUT2D eigenvalue weighted by Gasteiger charge is 2.07. The zero-order valence-electron chi connectivity index (χ0n) is 9.29. The number of benzene rings is 2. The maximum absolute atomic E-state index is 9.78. The van der Waals surface area contributed by atoms with Gasteiger partial charge in [-0.25, -0.2) is 0 Å². The van der Waals surface area contributed by atoms with E-state index in [0.29, 0.717) is 5.75 Å². The Balaban J connectivity index is 2.62. The zero-order valence-corrected chi connectivity index (χ0v) is 10.0. The van der Waals surface area contributed by atoms with E-state index in [1.165, 1.54) is 0 Å². The molecule has 0 aliphatic carbocycles. The van der Waals surface area contributed by atoms with Gasteiger partial charge in [0, 0.05) is 10.6 Å². The van der Waals surface area contributed by atoms with Crippen molar-refractivity contribution < 1.29 is 5.11 Å². The summed E-state index contributed by atoms with van der Waals surface area (Å²) in [6.45, 7) is 3.94. The van der Waals surface area contributed by atoms with E-state index < -0.39 is 0 Å². The van der Waals surface area contributed by atoms with Crippen LogP contribution in [-0.4, -0.2) is 5.11 Å². The molecule has 16 heavy (non-hydrogen) atoms. The van der Waals surface area contributed by atoms with Crippen LogP contribution in [0.1, 0.15) is 11.1 Å². The number of para-hydroxylation sites is 1. The predicted molar refractivity (Wildman–Crippen MR) is 68.0 cm³/mol. The van der Waals surface area contributed by atoms with Crippen LogP contribution in [0.3, 0.4) is 0 Å². The molecule has 0 aromatic heterocycles. The van der Waals surface area contributed by atoms with Gasteiger partial charge in [-0.05, 0) is 48.7 Å². The quantitative estimate of drug-likeness (QED) is 0.776. The predicted octanol–water partition coefficient (Wildman–Crippen LogP) is 4.33. The van der Waals surface area contributed by atoms with Crippen molar-refractivity contribution in [1.82, 2.24) is 0 Å². The third kappa shape index (κ3) is 1.91. The van der Waals surface area contributed by atoms with Gasteiger partial charge in [0.15, 0.2) is 0 Å². The van der Waals surface area contributed by atoms with Gasteiger partial charge in [0.25, 0.3) is 0 Å². The highest BCUT2D eigenvalue weighted by atomic mass is 35.5. The fourth-order valence-corrected chi connectivity index (χ4v) is 1.93. The molecule has 2 aromatic rings. The van der Waals surface area contributed by atoms with Crippen molar-refractivity contribution >= 4 is 11.6 Å². The molecule has 0 atom stereocenters. The summed E-state index contributed by atoms with van der Waals surface area (Å²) in [7, 11) is 0. The number of halogens is 1. The fourth-order valence-electron chi connectivity index (χ4n) is 1.82. The van der Waals surface area contributed by atoms with Crippen LogP contribution >= 0.6 is 11.6 Å². The Labute approximate surface area is 100 Å². The number of hydrogen-bond donors (Lipinski definition) is 1. The molecule has 82 valence electrons. The van der Waals surface area contributed by atoms with Crippen LogP contribution in [0, 0.1) is 13.8 Å². The summed E-state index contributed by atoms with van der Waals surface area (Å²) >= 11 is 6.11. The molecule has 1 nitrogen and oxygen atoms in total. The van der Waals surface area contributed by atoms with E-state index in [0.717, 1.165) is 27.3 Å². The molecule has 2 rings (SSSR count). The molecule has 0 spiro atoms. The smallest absolute Gasteiger partial charge is 0.123 e. The first-order chi connectivity index (χ1) is 7.59. The Hall–Kier alpha value is -1.47. The van der Waals surface area contributed by atoms with Crippen LogP contribution in [-0.2, 0) is 0 Å². The summed E-state index contributed by atoms with van der Waals surface area (Å²) in [5.41, 5.74) is 3.89. The largest absolute Gasteiger partial charge is 0.507 e. The summed E-state index contributed by atoms with van der Waals surface area (Å²) in [5.74, 6) is 0.295. The number of hydrogen-bond acceptors (Lipinski definition) is 1. The average Bonchev–Trinajstić information content (AvgIpc) is 2.26. The van der Waals surface area contributed by atoms with Gasteiger partial charge < -0.3 is 5.11 Å². The molecule has 0 aliphatic heterocycles. The lowest BCUT2D eigenvalue weighted by Gasteiger charge is -2.09. The first-order valence-corrected chi connectivity index (χ1v) is 5.52. The third-order valence-corrected chi connectivity index (χ3v) is 3.25. The molecule has 0 bridgehead atoms. The molecule has 0 heterocycles. The van der Waals surface area contributed by atoms with Crippen molar-refractivity contribution in [1.29, 1.82) is 0 Å². The van der Waals surface area contributed by atoms with E-state index in [4.69, 9.17) is 11.6 Å². The number of phenols is 1. The summed E-state index contributed by atoms with van der Waals surface area (Å²) in [6.07, 6.45) is 0. The maximum atomic E-state index is 9.78. The van der Waals surface area contributed by atoms with Crippen LogP contribution in [0.4, 0.5) is 0 Å². The topological polar surface area (TPSA) is 20.2 Å². The van der Waals surface area contributed by atoms with Gasteiger partial charge in [-0.3, -0.25) is 0 Å². The molecule has 0 saturated heterocycles. The summed E-state index contributed by atoms with van der Waals surface area (Å²) in [4.78, 5) is 0. The Morgan fingerprint density at radius 3 is 2.12 bits per heavy atom. The monoisotopic (exact) mass is 232 g/mol. The van der Waals surface area contributed by atoms with E-state index in [1.54, 1.807) is 6.07 Å². The lowest BCUT2D eigenvalue weighted by atomic mass is 10.00. The van der Waals surface area contributed by atoms with Gasteiger partial charge in [0.2, 0.25) is 0 Å². The first-order valence-electron chi connectivity index (χ1n) is 5.14. The molecule has 0 amide bonds. The molecule has 0 saturated carbocycles. The fraction of sp³-hybridized carbons (Fsp3) is 0.143. The molecular formula is C14H13ClO. The Morgan fingerprint density at radius 2 is 1.56 bits per heavy atom. The van der Waals surface area contributed by atoms with E-state index in [9.17, 15) is 5.11 Å². The van der Waals surface area contributed by atoms with Crippen molar-refractivity contribution in [2.75, 3.05) is 0 Å².